The normalized spacial score (nSPS) is 17.3. The molecule has 34 heavy (non-hydrogen) atoms. The molecule has 0 spiro atoms. The third-order valence-electron chi connectivity index (χ3n) is 4.68. The first kappa shape index (κ1) is 29.1. The predicted octanol–water partition coefficient (Wildman–Crippen LogP) is 8.95. The molecule has 3 nitrogen and oxygen atoms in total. The van der Waals surface area contributed by atoms with E-state index in [1.54, 1.807) is 79.0 Å². The van der Waals surface area contributed by atoms with Gasteiger partial charge in [0.25, 0.3) is 0 Å². The van der Waals surface area contributed by atoms with Crippen LogP contribution in [-0.2, 0) is 9.13 Å². The van der Waals surface area contributed by atoms with Gasteiger partial charge in [0, 0.05) is 21.2 Å². The van der Waals surface area contributed by atoms with Crippen molar-refractivity contribution in [2.75, 3.05) is 0 Å². The van der Waals surface area contributed by atoms with Crippen LogP contribution in [0.2, 0.25) is 0 Å². The van der Waals surface area contributed by atoms with E-state index in [9.17, 15) is 9.13 Å². The van der Waals surface area contributed by atoms with Crippen LogP contribution in [0.15, 0.2) is 151 Å². The molecule has 0 amide bonds. The van der Waals surface area contributed by atoms with Crippen molar-refractivity contribution in [1.29, 1.82) is 0 Å². The Morgan fingerprint density at radius 1 is 0.735 bits per heavy atom. The first-order chi connectivity index (χ1) is 16.4. The molecule has 1 N–H and O–H groups in total. The van der Waals surface area contributed by atoms with Crippen LogP contribution in [0.4, 0.5) is 0 Å². The molecular formula is C29H35NO2P2. The first-order valence-corrected chi connectivity index (χ1v) is 14.4. The fraction of sp³-hybridized carbons (Fsp3) is 0.103. The van der Waals surface area contributed by atoms with Gasteiger partial charge >= 0.3 is 0 Å². The number of allylic oxidation sites excluding steroid dienone is 17. The zero-order chi connectivity index (χ0) is 25.5. The Hall–Kier alpha value is -2.96. The summed E-state index contributed by atoms with van der Waals surface area (Å²) in [5, 5.41) is 2.04. The van der Waals surface area contributed by atoms with Crippen molar-refractivity contribution in [2.24, 2.45) is 0 Å². The van der Waals surface area contributed by atoms with Crippen LogP contribution in [0.5, 0.6) is 0 Å². The van der Waals surface area contributed by atoms with Crippen molar-refractivity contribution in [2.45, 2.75) is 20.8 Å². The quantitative estimate of drug-likeness (QED) is 0.221. The summed E-state index contributed by atoms with van der Waals surface area (Å²) in [6, 6.07) is 9.06. The van der Waals surface area contributed by atoms with Crippen molar-refractivity contribution in [3.8, 4) is 0 Å². The Kier molecular flexibility index (Phi) is 12.9. The molecular weight excluding hydrogens is 456 g/mol. The van der Waals surface area contributed by atoms with Crippen molar-refractivity contribution in [1.82, 2.24) is 4.86 Å². The van der Waals surface area contributed by atoms with Crippen LogP contribution < -0.4 is 10.2 Å². The van der Waals surface area contributed by atoms with Gasteiger partial charge in [-0.2, -0.15) is 0 Å². The summed E-state index contributed by atoms with van der Waals surface area (Å²) >= 11 is 0. The lowest BCUT2D eigenvalue weighted by atomic mass is 10.4. The molecule has 1 aromatic carbocycles. The zero-order valence-corrected chi connectivity index (χ0v) is 22.1. The lowest BCUT2D eigenvalue weighted by Crippen LogP contribution is -2.19. The van der Waals surface area contributed by atoms with Gasteiger partial charge in [0.05, 0.1) is 0 Å². The molecule has 1 rings (SSSR count). The van der Waals surface area contributed by atoms with Crippen LogP contribution in [-0.4, -0.2) is 0 Å². The van der Waals surface area contributed by atoms with Gasteiger partial charge in [0.1, 0.15) is 0 Å². The SMILES string of the molecule is C=C/C=C\C(=C/C=C)P(=O)(NP(=O)(C(/C=C\C=C)=C/C)c1ccccc1)C(/C=C\C)=C/C=C\C. The second-order valence-corrected chi connectivity index (χ2v) is 12.3. The zero-order valence-electron chi connectivity index (χ0n) is 20.3. The van der Waals surface area contributed by atoms with Gasteiger partial charge < -0.3 is 0 Å². The maximum absolute atomic E-state index is 15.0. The van der Waals surface area contributed by atoms with Gasteiger partial charge in [0.15, 0.2) is 0 Å². The van der Waals surface area contributed by atoms with Crippen LogP contribution in [0.3, 0.4) is 0 Å². The lowest BCUT2D eigenvalue weighted by molar-refractivity contribution is 0.572. The Morgan fingerprint density at radius 3 is 1.82 bits per heavy atom. The molecule has 0 aliphatic heterocycles. The highest BCUT2D eigenvalue weighted by Crippen LogP contribution is 2.67. The van der Waals surface area contributed by atoms with E-state index in [4.69, 9.17) is 0 Å². The molecule has 178 valence electrons. The molecule has 0 saturated heterocycles. The van der Waals surface area contributed by atoms with Gasteiger partial charge in [-0.15, -0.1) is 0 Å². The highest BCUT2D eigenvalue weighted by molar-refractivity contribution is 7.86. The molecule has 0 fully saturated rings. The minimum atomic E-state index is -3.65. The van der Waals surface area contributed by atoms with Gasteiger partial charge in [-0.05, 0) is 39.0 Å². The molecule has 0 saturated carbocycles. The molecule has 5 heteroatoms. The number of rotatable bonds is 13. The van der Waals surface area contributed by atoms with Crippen molar-refractivity contribution in [3.05, 3.63) is 151 Å². The van der Waals surface area contributed by atoms with Crippen LogP contribution in [0.25, 0.3) is 0 Å². The second kappa shape index (κ2) is 15.0. The number of hydrogen-bond donors (Lipinski definition) is 1. The monoisotopic (exact) mass is 491 g/mol. The molecule has 0 bridgehead atoms. The fourth-order valence-electron chi connectivity index (χ4n) is 3.10. The number of benzene rings is 1. The summed E-state index contributed by atoms with van der Waals surface area (Å²) in [4.78, 5) is 3.17. The maximum atomic E-state index is 15.0. The van der Waals surface area contributed by atoms with Gasteiger partial charge in [-0.25, -0.2) is 4.86 Å². The minimum absolute atomic E-state index is 0.454. The fourth-order valence-corrected chi connectivity index (χ4v) is 9.65. The summed E-state index contributed by atoms with van der Waals surface area (Å²) in [5.41, 5.74) is 0. The van der Waals surface area contributed by atoms with Crippen molar-refractivity contribution < 1.29 is 9.13 Å². The highest BCUT2D eigenvalue weighted by atomic mass is 31.2. The molecule has 2 unspecified atom stereocenters. The van der Waals surface area contributed by atoms with E-state index < -0.39 is 14.6 Å². The summed E-state index contributed by atoms with van der Waals surface area (Å²) in [6.45, 7) is 16.8. The molecule has 1 aromatic rings. The van der Waals surface area contributed by atoms with E-state index in [1.807, 2.05) is 57.2 Å². The van der Waals surface area contributed by atoms with E-state index in [0.29, 0.717) is 21.2 Å². The number of nitrogens with one attached hydrogen (secondary N) is 1. The third kappa shape index (κ3) is 7.54. The van der Waals surface area contributed by atoms with Crippen LogP contribution in [0, 0.1) is 0 Å². The Labute approximate surface area is 205 Å². The van der Waals surface area contributed by atoms with Crippen molar-refractivity contribution in [3.63, 3.8) is 0 Å². The van der Waals surface area contributed by atoms with Crippen LogP contribution >= 0.6 is 14.6 Å². The largest absolute Gasteiger partial charge is 0.296 e. The minimum Gasteiger partial charge on any atom is -0.296 e. The van der Waals surface area contributed by atoms with E-state index >= 15 is 0 Å². The van der Waals surface area contributed by atoms with E-state index in [1.165, 1.54) is 0 Å². The smallest absolute Gasteiger partial charge is 0.210 e. The molecule has 0 aromatic heterocycles. The summed E-state index contributed by atoms with van der Waals surface area (Å²) in [7, 11) is -7.23. The van der Waals surface area contributed by atoms with Gasteiger partial charge in [-0.1, -0.05) is 117 Å². The third-order valence-corrected chi connectivity index (χ3v) is 11.1. The molecule has 2 atom stereocenters. The standard InChI is InChI=1S/C29H35NO2P2/c1-7-13-21-26(12-6)33(31,29-24-17-16-18-25-29)30-34(32,27(19-10-4)22-14-8-2)28(20-11-5)23-15-9-3/h7-25H,1-2,4H2,3,5-6H3,(H,30,31,32)/b15-9-,20-11-,21-13-,22-14-,26-12+,27-19+,28-23+. The lowest BCUT2D eigenvalue weighted by Gasteiger charge is -2.29. The highest BCUT2D eigenvalue weighted by Gasteiger charge is 2.39. The van der Waals surface area contributed by atoms with E-state index in [2.05, 4.69) is 24.6 Å². The molecule has 0 radical (unpaired) electrons. The predicted molar refractivity (Wildman–Crippen MR) is 153 cm³/mol. The Balaban J connectivity index is 4.08. The molecule has 0 heterocycles. The summed E-state index contributed by atoms with van der Waals surface area (Å²) in [6.07, 6.45) is 24.1. The first-order valence-electron chi connectivity index (χ1n) is 11.0. The van der Waals surface area contributed by atoms with Crippen molar-refractivity contribution >= 4 is 19.9 Å². The summed E-state index contributed by atoms with van der Waals surface area (Å²) in [5.74, 6) is 0. The Morgan fingerprint density at radius 2 is 1.32 bits per heavy atom. The van der Waals surface area contributed by atoms with E-state index in [0.717, 1.165) is 0 Å². The Bertz CT molecular complexity index is 1150. The average Bonchev–Trinajstić information content (AvgIpc) is 2.85. The van der Waals surface area contributed by atoms with Gasteiger partial charge in [-0.3, -0.25) is 9.13 Å². The van der Waals surface area contributed by atoms with E-state index in [-0.39, 0.29) is 0 Å². The summed E-state index contributed by atoms with van der Waals surface area (Å²) < 4.78 is 29.8. The molecule has 0 aliphatic rings. The maximum Gasteiger partial charge on any atom is 0.210 e. The average molecular weight is 492 g/mol. The van der Waals surface area contributed by atoms with Crippen LogP contribution in [0.1, 0.15) is 20.8 Å². The topological polar surface area (TPSA) is 46.2 Å². The molecule has 0 aliphatic carbocycles. The van der Waals surface area contributed by atoms with Gasteiger partial charge in [0.2, 0.25) is 14.6 Å². The second-order valence-electron chi connectivity index (χ2n) is 7.00. The number of hydrogen-bond acceptors (Lipinski definition) is 2.